The highest BCUT2D eigenvalue weighted by Gasteiger charge is 2.32. The number of carbonyl (C=O) groups is 2. The van der Waals surface area contributed by atoms with Crippen molar-refractivity contribution in [2.45, 2.75) is 32.2 Å². The third kappa shape index (κ3) is 5.36. The van der Waals surface area contributed by atoms with Crippen LogP contribution in [0.25, 0.3) is 11.4 Å². The van der Waals surface area contributed by atoms with E-state index in [0.717, 1.165) is 12.8 Å². The number of carbonyl (C=O) groups excluding carboxylic acids is 2. The molecule has 1 heterocycles. The molecule has 1 aromatic heterocycles. The quantitative estimate of drug-likeness (QED) is 0.540. The van der Waals surface area contributed by atoms with Crippen molar-refractivity contribution in [2.75, 3.05) is 11.9 Å². The summed E-state index contributed by atoms with van der Waals surface area (Å²) in [5, 5.41) is 5.35. The van der Waals surface area contributed by atoms with E-state index in [0.29, 0.717) is 18.8 Å². The number of hydrogen-bond donors (Lipinski definition) is 2. The molecule has 0 aliphatic heterocycles. The number of halogens is 2. The van der Waals surface area contributed by atoms with E-state index in [1.165, 1.54) is 43.6 Å². The van der Waals surface area contributed by atoms with E-state index in [9.17, 15) is 14.0 Å². The van der Waals surface area contributed by atoms with Gasteiger partial charge in [0.25, 0.3) is 5.91 Å². The van der Waals surface area contributed by atoms with Gasteiger partial charge in [-0.05, 0) is 55.3 Å². The number of ether oxygens (including phenoxy) is 1. The second-order valence-corrected chi connectivity index (χ2v) is 8.14. The number of nitrogens with zero attached hydrogens (tertiary/aromatic N) is 2. The zero-order chi connectivity index (χ0) is 24.1. The van der Waals surface area contributed by atoms with Gasteiger partial charge in [0.1, 0.15) is 11.6 Å². The van der Waals surface area contributed by atoms with E-state index in [1.54, 1.807) is 18.2 Å². The summed E-state index contributed by atoms with van der Waals surface area (Å²) < 4.78 is 34.3. The van der Waals surface area contributed by atoms with Crippen molar-refractivity contribution >= 4 is 17.5 Å². The van der Waals surface area contributed by atoms with Crippen LogP contribution in [0.3, 0.4) is 0 Å². The lowest BCUT2D eigenvalue weighted by atomic mass is 10.0. The molecule has 9 heteroatoms. The third-order valence-corrected chi connectivity index (χ3v) is 5.74. The highest BCUT2D eigenvalue weighted by molar-refractivity contribution is 6.02. The van der Waals surface area contributed by atoms with E-state index in [2.05, 4.69) is 20.6 Å². The van der Waals surface area contributed by atoms with Gasteiger partial charge in [-0.25, -0.2) is 18.7 Å². The minimum absolute atomic E-state index is 0.00650. The summed E-state index contributed by atoms with van der Waals surface area (Å²) >= 11 is 0. The molecule has 0 radical (unpaired) electrons. The van der Waals surface area contributed by atoms with Crippen molar-refractivity contribution in [3.05, 3.63) is 72.1 Å². The van der Waals surface area contributed by atoms with Crippen LogP contribution < -0.4 is 15.4 Å². The Bertz CT molecular complexity index is 1170. The maximum absolute atomic E-state index is 15.4. The van der Waals surface area contributed by atoms with Gasteiger partial charge in [0.15, 0.2) is 11.6 Å². The van der Waals surface area contributed by atoms with Gasteiger partial charge in [-0.15, -0.1) is 0 Å². The highest BCUT2D eigenvalue weighted by atomic mass is 19.1. The molecule has 0 saturated heterocycles. The van der Waals surface area contributed by atoms with Gasteiger partial charge in [0, 0.05) is 36.8 Å². The first-order chi connectivity index (χ1) is 16.4. The molecule has 176 valence electrons. The van der Waals surface area contributed by atoms with Crippen LogP contribution in [0.4, 0.5) is 14.5 Å². The van der Waals surface area contributed by atoms with Crippen molar-refractivity contribution < 1.29 is 23.1 Å². The summed E-state index contributed by atoms with van der Waals surface area (Å²) in [6, 6.07) is 10.0. The van der Waals surface area contributed by atoms with Crippen LogP contribution in [-0.2, 0) is 4.79 Å². The first-order valence-corrected chi connectivity index (χ1v) is 11.0. The maximum Gasteiger partial charge on any atom is 0.255 e. The van der Waals surface area contributed by atoms with Gasteiger partial charge in [0.05, 0.1) is 17.9 Å². The van der Waals surface area contributed by atoms with Crippen LogP contribution in [0.1, 0.15) is 36.5 Å². The Hall–Kier alpha value is -3.88. The number of amides is 2. The molecule has 0 spiro atoms. The summed E-state index contributed by atoms with van der Waals surface area (Å²) in [6.07, 6.45) is 5.43. The Morgan fingerprint density at radius 2 is 1.79 bits per heavy atom. The maximum atomic E-state index is 15.4. The fourth-order valence-electron chi connectivity index (χ4n) is 4.11. The molecule has 2 amide bonds. The third-order valence-electron chi connectivity index (χ3n) is 5.74. The van der Waals surface area contributed by atoms with Crippen molar-refractivity contribution in [1.82, 2.24) is 15.3 Å². The topological polar surface area (TPSA) is 93.2 Å². The molecule has 2 aromatic carbocycles. The minimum atomic E-state index is -0.852. The van der Waals surface area contributed by atoms with Crippen LogP contribution in [0.15, 0.2) is 54.9 Å². The predicted molar refractivity (Wildman–Crippen MR) is 122 cm³/mol. The van der Waals surface area contributed by atoms with Gasteiger partial charge >= 0.3 is 0 Å². The van der Waals surface area contributed by atoms with Crippen molar-refractivity contribution in [3.63, 3.8) is 0 Å². The van der Waals surface area contributed by atoms with Crippen LogP contribution in [0.2, 0.25) is 0 Å². The number of nitrogens with one attached hydrogen (secondary N) is 2. The zero-order valence-electron chi connectivity index (χ0n) is 18.6. The molecular formula is C25H24F2N4O3. The Morgan fingerprint density at radius 3 is 2.50 bits per heavy atom. The molecule has 3 aromatic rings. The lowest BCUT2D eigenvalue weighted by molar-refractivity contribution is -0.114. The highest BCUT2D eigenvalue weighted by Crippen LogP contribution is 2.31. The fourth-order valence-corrected chi connectivity index (χ4v) is 4.11. The van der Waals surface area contributed by atoms with E-state index in [4.69, 9.17) is 4.74 Å². The normalized spacial score (nSPS) is 17.3. The Morgan fingerprint density at radius 1 is 1.06 bits per heavy atom. The van der Waals surface area contributed by atoms with Crippen LogP contribution >= 0.6 is 0 Å². The second-order valence-electron chi connectivity index (χ2n) is 8.14. The van der Waals surface area contributed by atoms with Gasteiger partial charge in [-0.3, -0.25) is 9.59 Å². The summed E-state index contributed by atoms with van der Waals surface area (Å²) in [6.45, 7) is 1.59. The van der Waals surface area contributed by atoms with E-state index >= 15 is 4.39 Å². The van der Waals surface area contributed by atoms with Crippen LogP contribution in [-0.4, -0.2) is 34.4 Å². The number of benzene rings is 2. The minimum Gasteiger partial charge on any atom is -0.493 e. The van der Waals surface area contributed by atoms with Crippen LogP contribution in [0, 0.1) is 17.6 Å². The van der Waals surface area contributed by atoms with Gasteiger partial charge in [-0.1, -0.05) is 6.42 Å². The number of hydrogen-bond acceptors (Lipinski definition) is 5. The summed E-state index contributed by atoms with van der Waals surface area (Å²) in [7, 11) is 0. The first-order valence-electron chi connectivity index (χ1n) is 11.0. The largest absolute Gasteiger partial charge is 0.493 e. The number of aromatic nitrogens is 2. The Kier molecular flexibility index (Phi) is 7.10. The number of rotatable bonds is 7. The molecule has 34 heavy (non-hydrogen) atoms. The lowest BCUT2D eigenvalue weighted by Crippen LogP contribution is -2.40. The molecule has 2 N–H and O–H groups in total. The average molecular weight is 466 g/mol. The average Bonchev–Trinajstić information content (AvgIpc) is 3.27. The van der Waals surface area contributed by atoms with Gasteiger partial charge in [-0.2, -0.15) is 0 Å². The van der Waals surface area contributed by atoms with Gasteiger partial charge in [0.2, 0.25) is 5.91 Å². The van der Waals surface area contributed by atoms with E-state index in [-0.39, 0.29) is 40.4 Å². The Labute approximate surface area is 195 Å². The zero-order valence-corrected chi connectivity index (χ0v) is 18.6. The molecule has 0 unspecified atom stereocenters. The molecule has 1 aliphatic rings. The summed E-state index contributed by atoms with van der Waals surface area (Å²) in [4.78, 5) is 33.1. The van der Waals surface area contributed by atoms with E-state index in [1.807, 2.05) is 0 Å². The molecule has 7 nitrogen and oxygen atoms in total. The summed E-state index contributed by atoms with van der Waals surface area (Å²) in [5.41, 5.74) is -0.107. The first kappa shape index (κ1) is 23.3. The molecule has 0 bridgehead atoms. The number of anilines is 1. The molecule has 4 rings (SSSR count). The lowest BCUT2D eigenvalue weighted by Gasteiger charge is -2.22. The standard InChI is InChI=1S/C25H24F2N4O3/c1-15(32)30-21-11-10-19(24-28-12-3-13-29-24)22(23(21)27)25(33)31-20-5-2-4-16(20)14-34-18-8-6-17(26)7-9-18/h3,6-13,16,20H,2,4-5,14H2,1H3,(H,30,32)(H,31,33)/t16-,20+/m1/s1. The molecule has 1 saturated carbocycles. The van der Waals surface area contributed by atoms with Crippen molar-refractivity contribution in [3.8, 4) is 17.1 Å². The molecular weight excluding hydrogens is 442 g/mol. The predicted octanol–water partition coefficient (Wildman–Crippen LogP) is 4.36. The monoisotopic (exact) mass is 466 g/mol. The van der Waals surface area contributed by atoms with Gasteiger partial charge < -0.3 is 15.4 Å². The molecule has 2 atom stereocenters. The fraction of sp³-hybridized carbons (Fsp3) is 0.280. The summed E-state index contributed by atoms with van der Waals surface area (Å²) in [5.74, 6) is -1.53. The Balaban J connectivity index is 1.56. The molecule has 1 fully saturated rings. The SMILES string of the molecule is CC(=O)Nc1ccc(-c2ncccn2)c(C(=O)N[C@H]2CCC[C@@H]2COc2ccc(F)cc2)c1F. The van der Waals surface area contributed by atoms with Crippen LogP contribution in [0.5, 0.6) is 5.75 Å². The van der Waals surface area contributed by atoms with Crippen molar-refractivity contribution in [1.29, 1.82) is 0 Å². The smallest absolute Gasteiger partial charge is 0.255 e. The molecule has 1 aliphatic carbocycles. The van der Waals surface area contributed by atoms with E-state index < -0.39 is 17.6 Å². The van der Waals surface area contributed by atoms with Crippen molar-refractivity contribution in [2.24, 2.45) is 5.92 Å². The second kappa shape index (κ2) is 10.4.